The van der Waals surface area contributed by atoms with Crippen molar-refractivity contribution in [3.8, 4) is 17.2 Å². The average Bonchev–Trinajstić information content (AvgIpc) is 2.92. The molecule has 0 radical (unpaired) electrons. The van der Waals surface area contributed by atoms with Crippen LogP contribution in [0.25, 0.3) is 43.4 Å². The normalized spacial score (nSPS) is 11.4. The third-order valence-corrected chi connectivity index (χ3v) is 6.86. The third-order valence-electron chi connectivity index (χ3n) is 6.86. The SMILES string of the molecule is COc1ccc(C[n+]2c3ccc4cc(OC)ccc4c3cc3c4ccc(OC)cc4ccc32)cc1. The minimum Gasteiger partial charge on any atom is -0.497 e. The van der Waals surface area contributed by atoms with E-state index in [1.54, 1.807) is 21.3 Å². The van der Waals surface area contributed by atoms with Gasteiger partial charge in [0.1, 0.15) is 17.2 Å². The first-order chi connectivity index (χ1) is 17.2. The van der Waals surface area contributed by atoms with Crippen molar-refractivity contribution in [3.05, 3.63) is 96.6 Å². The first-order valence-electron chi connectivity index (χ1n) is 11.7. The molecule has 0 aliphatic heterocycles. The Morgan fingerprint density at radius 1 is 0.486 bits per heavy atom. The molecule has 0 amide bonds. The van der Waals surface area contributed by atoms with Crippen LogP contribution in [0.2, 0.25) is 0 Å². The molecule has 35 heavy (non-hydrogen) atoms. The Kier molecular flexibility index (Phi) is 5.14. The van der Waals surface area contributed by atoms with Crippen LogP contribution in [0.1, 0.15) is 5.56 Å². The number of pyridine rings is 1. The van der Waals surface area contributed by atoms with Crippen LogP contribution >= 0.6 is 0 Å². The second-order valence-corrected chi connectivity index (χ2v) is 8.75. The molecule has 0 aliphatic rings. The van der Waals surface area contributed by atoms with E-state index in [-0.39, 0.29) is 0 Å². The van der Waals surface area contributed by atoms with Gasteiger partial charge in [0, 0.05) is 17.7 Å². The molecule has 0 unspecified atom stereocenters. The minimum absolute atomic E-state index is 0.751. The van der Waals surface area contributed by atoms with E-state index in [0.717, 1.165) is 34.6 Å². The predicted molar refractivity (Wildman–Crippen MR) is 142 cm³/mol. The van der Waals surface area contributed by atoms with E-state index in [4.69, 9.17) is 14.2 Å². The van der Waals surface area contributed by atoms with Crippen molar-refractivity contribution in [1.29, 1.82) is 0 Å². The molecule has 172 valence electrons. The summed E-state index contributed by atoms with van der Waals surface area (Å²) in [4.78, 5) is 0. The maximum atomic E-state index is 5.48. The highest BCUT2D eigenvalue weighted by molar-refractivity contribution is 6.13. The van der Waals surface area contributed by atoms with Gasteiger partial charge in [0.05, 0.1) is 32.1 Å². The molecule has 0 saturated carbocycles. The van der Waals surface area contributed by atoms with Crippen molar-refractivity contribution in [2.24, 2.45) is 0 Å². The van der Waals surface area contributed by atoms with Gasteiger partial charge in [-0.3, -0.25) is 0 Å². The van der Waals surface area contributed by atoms with Gasteiger partial charge in [-0.15, -0.1) is 0 Å². The van der Waals surface area contributed by atoms with Crippen molar-refractivity contribution < 1.29 is 18.8 Å². The van der Waals surface area contributed by atoms with Crippen LogP contribution in [0.3, 0.4) is 0 Å². The van der Waals surface area contributed by atoms with Crippen molar-refractivity contribution >= 4 is 43.4 Å². The van der Waals surface area contributed by atoms with E-state index in [9.17, 15) is 0 Å². The van der Waals surface area contributed by atoms with E-state index in [1.807, 2.05) is 24.3 Å². The molecule has 6 rings (SSSR count). The molecule has 1 heterocycles. The molecule has 0 saturated heterocycles. The number of hydrogen-bond donors (Lipinski definition) is 0. The van der Waals surface area contributed by atoms with Crippen LogP contribution in [0.15, 0.2) is 91.0 Å². The zero-order chi connectivity index (χ0) is 23.9. The minimum atomic E-state index is 0.751. The van der Waals surface area contributed by atoms with Crippen molar-refractivity contribution in [3.63, 3.8) is 0 Å². The number of fused-ring (bicyclic) bond motifs is 6. The van der Waals surface area contributed by atoms with E-state index in [1.165, 1.54) is 38.1 Å². The summed E-state index contributed by atoms with van der Waals surface area (Å²) in [6.45, 7) is 0.751. The number of rotatable bonds is 5. The van der Waals surface area contributed by atoms with E-state index in [0.29, 0.717) is 0 Å². The monoisotopic (exact) mass is 460 g/mol. The lowest BCUT2D eigenvalue weighted by Crippen LogP contribution is -2.36. The Bertz CT molecular complexity index is 1620. The number of aromatic nitrogens is 1. The fraction of sp³-hybridized carbons (Fsp3) is 0.129. The Hall–Kier alpha value is -4.31. The molecule has 5 aromatic carbocycles. The summed E-state index contributed by atoms with van der Waals surface area (Å²) in [6, 6.07) is 32.0. The molecule has 0 N–H and O–H groups in total. The molecular formula is C31H26NO3+. The first-order valence-corrected chi connectivity index (χ1v) is 11.7. The standard InChI is InChI=1S/C31H26NO3/c1-33-23-8-4-20(5-9-23)19-32-30-14-6-21-16-24(34-2)10-12-26(21)28(30)18-29-27-13-11-25(35-3)17-22(27)7-15-31(29)32/h4-18H,19H2,1-3H3/q+1. The van der Waals surface area contributed by atoms with Gasteiger partial charge in [-0.05, 0) is 100 Å². The number of hydrogen-bond acceptors (Lipinski definition) is 3. The van der Waals surface area contributed by atoms with Gasteiger partial charge in [0.2, 0.25) is 11.0 Å². The Balaban J connectivity index is 1.69. The topological polar surface area (TPSA) is 31.6 Å². The summed E-state index contributed by atoms with van der Waals surface area (Å²) < 4.78 is 18.7. The summed E-state index contributed by atoms with van der Waals surface area (Å²) in [7, 11) is 5.11. The second-order valence-electron chi connectivity index (χ2n) is 8.75. The van der Waals surface area contributed by atoms with E-state index in [2.05, 4.69) is 71.3 Å². The molecule has 4 nitrogen and oxygen atoms in total. The van der Waals surface area contributed by atoms with E-state index < -0.39 is 0 Å². The van der Waals surface area contributed by atoms with Gasteiger partial charge in [-0.2, -0.15) is 4.57 Å². The summed E-state index contributed by atoms with van der Waals surface area (Å²) >= 11 is 0. The lowest BCUT2D eigenvalue weighted by molar-refractivity contribution is -0.635. The predicted octanol–water partition coefficient (Wildman–Crippen LogP) is 6.66. The van der Waals surface area contributed by atoms with Gasteiger partial charge in [0.25, 0.3) is 0 Å². The second kappa shape index (κ2) is 8.48. The van der Waals surface area contributed by atoms with Crippen LogP contribution in [-0.4, -0.2) is 21.3 Å². The quantitative estimate of drug-likeness (QED) is 0.164. The molecule has 0 bridgehead atoms. The third kappa shape index (κ3) is 3.58. The zero-order valence-electron chi connectivity index (χ0n) is 20.0. The lowest BCUT2D eigenvalue weighted by atomic mass is 9.99. The Labute approximate surface area is 203 Å². The van der Waals surface area contributed by atoms with Gasteiger partial charge in [-0.25, -0.2) is 0 Å². The number of methoxy groups -OCH3 is 3. The fourth-order valence-electron chi connectivity index (χ4n) is 5.03. The van der Waals surface area contributed by atoms with Crippen LogP contribution in [0.4, 0.5) is 0 Å². The fourth-order valence-corrected chi connectivity index (χ4v) is 5.03. The molecule has 0 fully saturated rings. The van der Waals surface area contributed by atoms with Crippen molar-refractivity contribution in [2.75, 3.05) is 21.3 Å². The zero-order valence-corrected chi connectivity index (χ0v) is 20.0. The van der Waals surface area contributed by atoms with Gasteiger partial charge < -0.3 is 14.2 Å². The first kappa shape index (κ1) is 21.2. The highest BCUT2D eigenvalue weighted by Gasteiger charge is 2.20. The van der Waals surface area contributed by atoms with Crippen LogP contribution in [0, 0.1) is 0 Å². The maximum Gasteiger partial charge on any atom is 0.213 e. The summed E-state index contributed by atoms with van der Waals surface area (Å²) in [6.07, 6.45) is 0. The number of benzene rings is 5. The number of nitrogens with zero attached hydrogens (tertiary/aromatic N) is 1. The smallest absolute Gasteiger partial charge is 0.213 e. The highest BCUT2D eigenvalue weighted by Crippen LogP contribution is 2.33. The maximum absolute atomic E-state index is 5.48. The molecule has 0 aliphatic carbocycles. The molecule has 6 aromatic rings. The molecule has 4 heteroatoms. The lowest BCUT2D eigenvalue weighted by Gasteiger charge is -2.12. The Morgan fingerprint density at radius 2 is 0.971 bits per heavy atom. The summed E-state index contributed by atoms with van der Waals surface area (Å²) in [5.41, 5.74) is 3.60. The molecule has 0 spiro atoms. The summed E-state index contributed by atoms with van der Waals surface area (Å²) in [5, 5.41) is 7.17. The van der Waals surface area contributed by atoms with Crippen molar-refractivity contribution in [1.82, 2.24) is 0 Å². The van der Waals surface area contributed by atoms with Crippen LogP contribution in [0.5, 0.6) is 17.2 Å². The van der Waals surface area contributed by atoms with Gasteiger partial charge >= 0.3 is 0 Å². The molecular weight excluding hydrogens is 434 g/mol. The summed E-state index contributed by atoms with van der Waals surface area (Å²) in [5.74, 6) is 2.59. The van der Waals surface area contributed by atoms with Crippen LogP contribution in [-0.2, 0) is 6.54 Å². The number of ether oxygens (including phenoxy) is 3. The molecule has 1 aromatic heterocycles. The Morgan fingerprint density at radius 3 is 1.46 bits per heavy atom. The largest absolute Gasteiger partial charge is 0.497 e. The van der Waals surface area contributed by atoms with Gasteiger partial charge in [-0.1, -0.05) is 0 Å². The van der Waals surface area contributed by atoms with Gasteiger partial charge in [0.15, 0.2) is 6.54 Å². The molecule has 0 atom stereocenters. The van der Waals surface area contributed by atoms with E-state index >= 15 is 0 Å². The van der Waals surface area contributed by atoms with Crippen molar-refractivity contribution in [2.45, 2.75) is 6.54 Å². The van der Waals surface area contributed by atoms with Crippen LogP contribution < -0.4 is 18.8 Å². The highest BCUT2D eigenvalue weighted by atomic mass is 16.5. The average molecular weight is 461 g/mol.